The van der Waals surface area contributed by atoms with Crippen LogP contribution in [0.5, 0.6) is 0 Å². The van der Waals surface area contributed by atoms with Crippen LogP contribution in [0.15, 0.2) is 54.6 Å². The van der Waals surface area contributed by atoms with Gasteiger partial charge in [0.25, 0.3) is 0 Å². The van der Waals surface area contributed by atoms with E-state index in [1.54, 1.807) is 11.0 Å². The second-order valence-electron chi connectivity index (χ2n) is 6.64. The van der Waals surface area contributed by atoms with E-state index in [9.17, 15) is 14.7 Å². The van der Waals surface area contributed by atoms with Gasteiger partial charge in [0, 0.05) is 17.3 Å². The van der Waals surface area contributed by atoms with Crippen LogP contribution in [0.25, 0.3) is 10.8 Å². The topological polar surface area (TPSA) is 69.7 Å². The minimum absolute atomic E-state index is 0.201. The van der Waals surface area contributed by atoms with Crippen LogP contribution in [-0.2, 0) is 14.3 Å². The van der Waals surface area contributed by atoms with Gasteiger partial charge >= 0.3 is 0 Å². The number of carboxylic acid groups (broad SMARTS) is 1. The first-order chi connectivity index (χ1) is 11.6. The standard InChI is InChI=1S/C19H15NO4/c21-17-16-15(18(22)23)14-8-9-19(16,24-14)10-20(17)13-7-3-5-11-4-1-2-6-12(11)13/h1-9,14-16H,10H2,(H,22,23)/p-1/t14-,15+,16-,19+/m0/s1. The van der Waals surface area contributed by atoms with Crippen molar-refractivity contribution in [1.29, 1.82) is 0 Å². The Kier molecular flexibility index (Phi) is 2.55. The third-order valence-corrected chi connectivity index (χ3v) is 5.43. The first-order valence-corrected chi connectivity index (χ1v) is 7.98. The molecule has 5 nitrogen and oxygen atoms in total. The smallest absolute Gasteiger partial charge is 0.234 e. The molecule has 0 unspecified atom stereocenters. The summed E-state index contributed by atoms with van der Waals surface area (Å²) in [6.07, 6.45) is 3.04. The first kappa shape index (κ1) is 13.7. The zero-order valence-corrected chi connectivity index (χ0v) is 12.7. The van der Waals surface area contributed by atoms with Crippen molar-refractivity contribution in [2.75, 3.05) is 11.4 Å². The predicted octanol–water partition coefficient (Wildman–Crippen LogP) is 0.876. The number of hydrogen-bond acceptors (Lipinski definition) is 4. The lowest BCUT2D eigenvalue weighted by Crippen LogP contribution is -2.45. The molecule has 3 aliphatic heterocycles. The number of rotatable bonds is 2. The zero-order chi connectivity index (χ0) is 16.5. The molecule has 0 radical (unpaired) electrons. The fourth-order valence-electron chi connectivity index (χ4n) is 4.41. The summed E-state index contributed by atoms with van der Waals surface area (Å²) >= 11 is 0. The Morgan fingerprint density at radius 1 is 1.21 bits per heavy atom. The van der Waals surface area contributed by atoms with E-state index in [0.29, 0.717) is 6.54 Å². The van der Waals surface area contributed by atoms with Gasteiger partial charge in [-0.2, -0.15) is 0 Å². The molecule has 2 bridgehead atoms. The van der Waals surface area contributed by atoms with E-state index in [4.69, 9.17) is 4.74 Å². The van der Waals surface area contributed by atoms with E-state index in [1.807, 2.05) is 48.5 Å². The van der Waals surface area contributed by atoms with Crippen molar-refractivity contribution in [2.45, 2.75) is 11.7 Å². The number of benzene rings is 2. The van der Waals surface area contributed by atoms with Gasteiger partial charge in [0.15, 0.2) is 0 Å². The second-order valence-corrected chi connectivity index (χ2v) is 6.64. The molecule has 0 saturated carbocycles. The van der Waals surface area contributed by atoms with E-state index in [0.717, 1.165) is 16.5 Å². The Bertz CT molecular complexity index is 915. The number of ether oxygens (including phenoxy) is 1. The van der Waals surface area contributed by atoms with Crippen molar-refractivity contribution in [1.82, 2.24) is 0 Å². The van der Waals surface area contributed by atoms with Gasteiger partial charge in [-0.1, -0.05) is 48.6 Å². The molecule has 0 aliphatic carbocycles. The van der Waals surface area contributed by atoms with Crippen LogP contribution in [-0.4, -0.2) is 30.1 Å². The minimum atomic E-state index is -1.22. The third-order valence-electron chi connectivity index (χ3n) is 5.43. The van der Waals surface area contributed by atoms with Gasteiger partial charge in [-0.15, -0.1) is 0 Å². The average molecular weight is 320 g/mol. The van der Waals surface area contributed by atoms with E-state index in [1.165, 1.54) is 0 Å². The number of fused-ring (bicyclic) bond motifs is 2. The van der Waals surface area contributed by atoms with Gasteiger partial charge in [-0.3, -0.25) is 4.79 Å². The zero-order valence-electron chi connectivity index (χ0n) is 12.7. The summed E-state index contributed by atoms with van der Waals surface area (Å²) in [4.78, 5) is 26.2. The van der Waals surface area contributed by atoms with Crippen molar-refractivity contribution in [3.63, 3.8) is 0 Å². The average Bonchev–Trinajstić information content (AvgIpc) is 3.22. The van der Waals surface area contributed by atoms with E-state index in [-0.39, 0.29) is 5.91 Å². The van der Waals surface area contributed by atoms with Crippen molar-refractivity contribution in [3.8, 4) is 0 Å². The van der Waals surface area contributed by atoms with Crippen LogP contribution < -0.4 is 10.0 Å². The van der Waals surface area contributed by atoms with Crippen LogP contribution in [0.3, 0.4) is 0 Å². The number of aliphatic carboxylic acids is 1. The normalized spacial score (nSPS) is 33.4. The SMILES string of the molecule is O=C([O-])[C@@H]1[C@@H]2C=C[C@]3(CN(c4cccc5ccccc45)C(=O)[C@H]13)O2. The fraction of sp³-hybridized carbons (Fsp3) is 0.263. The molecule has 1 spiro atoms. The first-order valence-electron chi connectivity index (χ1n) is 7.98. The van der Waals surface area contributed by atoms with Crippen molar-refractivity contribution in [3.05, 3.63) is 54.6 Å². The highest BCUT2D eigenvalue weighted by Crippen LogP contribution is 2.52. The van der Waals surface area contributed by atoms with Gasteiger partial charge in [-0.05, 0) is 11.5 Å². The van der Waals surface area contributed by atoms with Crippen LogP contribution in [0.4, 0.5) is 5.69 Å². The lowest BCUT2D eigenvalue weighted by molar-refractivity contribution is -0.313. The molecule has 3 aliphatic rings. The number of nitrogens with zero attached hydrogens (tertiary/aromatic N) is 1. The summed E-state index contributed by atoms with van der Waals surface area (Å²) in [6.45, 7) is 0.335. The number of hydrogen-bond donors (Lipinski definition) is 0. The van der Waals surface area contributed by atoms with Gasteiger partial charge in [0.1, 0.15) is 5.60 Å². The quantitative estimate of drug-likeness (QED) is 0.770. The van der Waals surface area contributed by atoms with Crippen molar-refractivity contribution < 1.29 is 19.4 Å². The molecule has 4 atom stereocenters. The molecule has 120 valence electrons. The van der Waals surface area contributed by atoms with Crippen LogP contribution in [0, 0.1) is 11.8 Å². The summed E-state index contributed by atoms with van der Waals surface area (Å²) in [5.74, 6) is -3.05. The highest BCUT2D eigenvalue weighted by Gasteiger charge is 2.65. The third kappa shape index (κ3) is 1.57. The number of carboxylic acids is 1. The molecule has 2 saturated heterocycles. The van der Waals surface area contributed by atoms with Gasteiger partial charge in [0.2, 0.25) is 5.91 Å². The molecule has 5 heteroatoms. The Morgan fingerprint density at radius 3 is 2.83 bits per heavy atom. The lowest BCUT2D eigenvalue weighted by atomic mass is 9.77. The maximum Gasteiger partial charge on any atom is 0.234 e. The van der Waals surface area contributed by atoms with Crippen LogP contribution >= 0.6 is 0 Å². The van der Waals surface area contributed by atoms with Gasteiger partial charge < -0.3 is 19.5 Å². The minimum Gasteiger partial charge on any atom is -0.550 e. The molecule has 0 aromatic heterocycles. The number of amides is 1. The Morgan fingerprint density at radius 2 is 2.00 bits per heavy atom. The number of carbonyl (C=O) groups excluding carboxylic acids is 2. The Hall–Kier alpha value is -2.66. The summed E-state index contributed by atoms with van der Waals surface area (Å²) in [6, 6.07) is 13.6. The second kappa shape index (κ2) is 4.45. The maximum atomic E-state index is 13.1. The lowest BCUT2D eigenvalue weighted by Gasteiger charge is -2.24. The summed E-state index contributed by atoms with van der Waals surface area (Å²) in [5, 5.41) is 13.5. The highest BCUT2D eigenvalue weighted by molar-refractivity contribution is 6.08. The Balaban J connectivity index is 1.64. The number of carbonyl (C=O) groups is 2. The van der Waals surface area contributed by atoms with E-state index < -0.39 is 29.5 Å². The number of anilines is 1. The molecule has 2 aromatic carbocycles. The maximum absolute atomic E-state index is 13.1. The predicted molar refractivity (Wildman–Crippen MR) is 85.0 cm³/mol. The van der Waals surface area contributed by atoms with Crippen molar-refractivity contribution >= 4 is 28.3 Å². The summed E-state index contributed by atoms with van der Waals surface area (Å²) in [7, 11) is 0. The molecule has 5 rings (SSSR count). The Labute approximate surface area is 138 Å². The molecule has 1 amide bonds. The molecular formula is C19H14NO4-. The molecule has 0 N–H and O–H groups in total. The van der Waals surface area contributed by atoms with Crippen LogP contribution in [0.1, 0.15) is 0 Å². The van der Waals surface area contributed by atoms with Crippen LogP contribution in [0.2, 0.25) is 0 Å². The highest BCUT2D eigenvalue weighted by atomic mass is 16.5. The van der Waals surface area contributed by atoms with E-state index in [2.05, 4.69) is 0 Å². The van der Waals surface area contributed by atoms with Gasteiger partial charge in [0.05, 0.1) is 24.3 Å². The molecule has 24 heavy (non-hydrogen) atoms. The monoisotopic (exact) mass is 320 g/mol. The summed E-state index contributed by atoms with van der Waals surface area (Å²) in [5.41, 5.74) is -0.0527. The molecule has 2 aromatic rings. The molecule has 3 heterocycles. The van der Waals surface area contributed by atoms with Gasteiger partial charge in [-0.25, -0.2) is 0 Å². The molecular weight excluding hydrogens is 306 g/mol. The van der Waals surface area contributed by atoms with E-state index >= 15 is 0 Å². The largest absolute Gasteiger partial charge is 0.550 e. The molecule has 2 fully saturated rings. The van der Waals surface area contributed by atoms with Crippen molar-refractivity contribution in [2.24, 2.45) is 11.8 Å². The fourth-order valence-corrected chi connectivity index (χ4v) is 4.41. The summed E-state index contributed by atoms with van der Waals surface area (Å²) < 4.78 is 5.90.